The van der Waals surface area contributed by atoms with E-state index in [1.807, 2.05) is 48.5 Å². The Hall–Kier alpha value is -6.31. The van der Waals surface area contributed by atoms with Gasteiger partial charge >= 0.3 is 18.8 Å². The molecule has 2 N–H and O–H groups in total. The Morgan fingerprint density at radius 3 is 1.43 bits per heavy atom. The summed E-state index contributed by atoms with van der Waals surface area (Å²) < 4.78 is 100. The number of rotatable bonds is 14. The summed E-state index contributed by atoms with van der Waals surface area (Å²) in [5, 5.41) is 6.22. The van der Waals surface area contributed by atoms with Gasteiger partial charge in [0.25, 0.3) is 11.8 Å². The molecule has 2 fully saturated rings. The van der Waals surface area contributed by atoms with Gasteiger partial charge in [0.05, 0.1) is 10.8 Å². The van der Waals surface area contributed by atoms with E-state index in [0.717, 1.165) is 42.8 Å². The van der Waals surface area contributed by atoms with Gasteiger partial charge in [-0.05, 0) is 110 Å². The summed E-state index contributed by atoms with van der Waals surface area (Å²) in [4.78, 5) is 50.6. The van der Waals surface area contributed by atoms with E-state index < -0.39 is 46.7 Å². The van der Waals surface area contributed by atoms with Crippen LogP contribution in [0, 0.1) is 10.8 Å². The lowest BCUT2D eigenvalue weighted by atomic mass is 9.84. The number of likely N-dealkylation sites (N-methyl/N-ethyl adjacent to an activating group) is 1. The number of pyridine rings is 2. The first-order chi connectivity index (χ1) is 32.7. The topological polar surface area (TPSA) is 154 Å². The first-order valence-corrected chi connectivity index (χ1v) is 22.7. The highest BCUT2D eigenvalue weighted by Gasteiger charge is 2.40. The van der Waals surface area contributed by atoms with Gasteiger partial charge in [0.1, 0.15) is 18.8 Å². The van der Waals surface area contributed by atoms with E-state index in [2.05, 4.69) is 54.2 Å². The van der Waals surface area contributed by atoms with Crippen LogP contribution in [0.5, 0.6) is 23.3 Å². The molecule has 14 nitrogen and oxygen atoms in total. The third-order valence-corrected chi connectivity index (χ3v) is 11.5. The van der Waals surface area contributed by atoms with Crippen LogP contribution in [-0.4, -0.2) is 115 Å². The van der Waals surface area contributed by atoms with Gasteiger partial charge in [-0.1, -0.05) is 60.7 Å². The lowest BCUT2D eigenvalue weighted by Crippen LogP contribution is -2.54. The SMILES string of the molecule is CC(C)(C)OC(=O)N1CC[C@@H](NC(=O)C(C)(C)COc2ncccc2OC(F)(F)F)[C@H](c2ccccc2)C1.CN1CC[C@H](NC(=O)C(C)(C)COc2ncccc2OC(F)(F)F)[C@@H](c2ccccc2)C1. The highest BCUT2D eigenvalue weighted by atomic mass is 19.4. The number of ether oxygens (including phenoxy) is 5. The number of likely N-dealkylation sites (tertiary alicyclic amines) is 2. The fraction of sp³-hybridized carbons (Fsp3) is 0.500. The molecule has 6 rings (SSSR count). The average Bonchev–Trinajstić information content (AvgIpc) is 3.28. The number of benzene rings is 2. The molecule has 2 aromatic carbocycles. The van der Waals surface area contributed by atoms with Crippen LogP contribution in [-0.2, 0) is 14.3 Å². The van der Waals surface area contributed by atoms with Gasteiger partial charge in [0.2, 0.25) is 11.8 Å². The largest absolute Gasteiger partial charge is 0.573 e. The van der Waals surface area contributed by atoms with Crippen molar-refractivity contribution in [3.8, 4) is 23.3 Å². The molecule has 2 aliphatic rings. The van der Waals surface area contributed by atoms with Crippen LogP contribution >= 0.6 is 0 Å². The third kappa shape index (κ3) is 16.7. The molecule has 70 heavy (non-hydrogen) atoms. The average molecular weight is 989 g/mol. The van der Waals surface area contributed by atoms with Crippen LogP contribution in [0.2, 0.25) is 0 Å². The van der Waals surface area contributed by atoms with Crippen LogP contribution in [0.3, 0.4) is 0 Å². The van der Waals surface area contributed by atoms with Crippen molar-refractivity contribution in [2.24, 2.45) is 10.8 Å². The molecule has 0 spiro atoms. The number of nitrogens with one attached hydrogen (secondary N) is 2. The molecule has 4 heterocycles. The molecule has 0 unspecified atom stereocenters. The zero-order valence-electron chi connectivity index (χ0n) is 40.5. The second-order valence-corrected chi connectivity index (χ2v) is 19.5. The number of halogens is 6. The van der Waals surface area contributed by atoms with E-state index in [9.17, 15) is 40.7 Å². The van der Waals surface area contributed by atoms with Crippen molar-refractivity contribution in [3.63, 3.8) is 0 Å². The summed E-state index contributed by atoms with van der Waals surface area (Å²) in [6, 6.07) is 24.1. The standard InChI is InChI=1S/C27H34F3N3O5.C23H28F3N3O3/c1-25(2,3)38-24(35)33-15-13-20(19(16-33)18-10-7-6-8-11-18)32-23(34)26(4,5)17-36-22-21(12-9-14-31-22)37-27(28,29)30;1-22(2,15-31-20-19(10-7-12-27-20)32-23(24,25)26)21(30)28-18-11-13-29(3)14-17(18)16-8-5-4-6-9-16/h6-12,14,19-20H,13,15-17H2,1-5H3,(H,32,34);4-10,12,17-18H,11,13-15H2,1-3H3,(H,28,30)/t19-,20+;17-,18+/m01/s1. The van der Waals surface area contributed by atoms with Crippen LogP contribution in [0.15, 0.2) is 97.3 Å². The van der Waals surface area contributed by atoms with Crippen molar-refractivity contribution in [2.45, 2.75) is 104 Å². The molecule has 3 amide bonds. The van der Waals surface area contributed by atoms with Gasteiger partial charge in [0, 0.05) is 55.9 Å². The van der Waals surface area contributed by atoms with Crippen LogP contribution in [0.1, 0.15) is 84.3 Å². The van der Waals surface area contributed by atoms with E-state index in [0.29, 0.717) is 19.5 Å². The van der Waals surface area contributed by atoms with Gasteiger partial charge in [-0.2, -0.15) is 0 Å². The summed E-state index contributed by atoms with van der Waals surface area (Å²) >= 11 is 0. The Balaban J connectivity index is 0.000000265. The molecule has 4 aromatic rings. The maximum atomic E-state index is 13.3. The van der Waals surface area contributed by atoms with E-state index in [1.165, 1.54) is 24.5 Å². The van der Waals surface area contributed by atoms with Gasteiger partial charge < -0.3 is 44.1 Å². The first-order valence-electron chi connectivity index (χ1n) is 22.7. The summed E-state index contributed by atoms with van der Waals surface area (Å²) in [6.07, 6.45) is -6.33. The zero-order valence-corrected chi connectivity index (χ0v) is 40.5. The molecular formula is C50H62F6N6O8. The Kier molecular flexibility index (Phi) is 18.0. The molecular weight excluding hydrogens is 927 g/mol. The predicted molar refractivity (Wildman–Crippen MR) is 247 cm³/mol. The lowest BCUT2D eigenvalue weighted by Gasteiger charge is -2.40. The second kappa shape index (κ2) is 23.1. The minimum absolute atomic E-state index is 0.0562. The monoisotopic (exact) mass is 988 g/mol. The Bertz CT molecular complexity index is 2330. The number of nitrogens with zero attached hydrogens (tertiary/aromatic N) is 4. The molecule has 382 valence electrons. The van der Waals surface area contributed by atoms with Crippen molar-refractivity contribution in [3.05, 3.63) is 108 Å². The number of aromatic nitrogens is 2. The Labute approximate surface area is 404 Å². The van der Waals surface area contributed by atoms with Crippen molar-refractivity contribution in [2.75, 3.05) is 46.4 Å². The van der Waals surface area contributed by atoms with E-state index in [-0.39, 0.29) is 60.7 Å². The highest BCUT2D eigenvalue weighted by Crippen LogP contribution is 2.35. The molecule has 4 atom stereocenters. The van der Waals surface area contributed by atoms with E-state index >= 15 is 0 Å². The summed E-state index contributed by atoms with van der Waals surface area (Å²) in [6.45, 7) is 14.1. The molecule has 0 saturated carbocycles. The fourth-order valence-electron chi connectivity index (χ4n) is 7.71. The number of amides is 3. The van der Waals surface area contributed by atoms with Crippen molar-refractivity contribution < 1.29 is 64.4 Å². The molecule has 0 bridgehead atoms. The van der Waals surface area contributed by atoms with Gasteiger partial charge in [-0.15, -0.1) is 26.3 Å². The smallest absolute Gasteiger partial charge is 0.474 e. The molecule has 20 heteroatoms. The van der Waals surface area contributed by atoms with Crippen molar-refractivity contribution in [1.82, 2.24) is 30.4 Å². The number of carbonyl (C=O) groups excluding carboxylic acids is 3. The quantitative estimate of drug-likeness (QED) is 0.116. The number of hydrogen-bond donors (Lipinski definition) is 2. The van der Waals surface area contributed by atoms with E-state index in [4.69, 9.17) is 14.2 Å². The molecule has 2 aliphatic heterocycles. The van der Waals surface area contributed by atoms with Crippen molar-refractivity contribution >= 4 is 17.9 Å². The van der Waals surface area contributed by atoms with Crippen LogP contribution in [0.25, 0.3) is 0 Å². The minimum Gasteiger partial charge on any atom is -0.474 e. The predicted octanol–water partition coefficient (Wildman–Crippen LogP) is 9.28. The maximum Gasteiger partial charge on any atom is 0.573 e. The molecule has 0 aliphatic carbocycles. The minimum atomic E-state index is -4.91. The summed E-state index contributed by atoms with van der Waals surface area (Å²) in [5.74, 6) is -2.44. The van der Waals surface area contributed by atoms with Crippen molar-refractivity contribution in [1.29, 1.82) is 0 Å². The summed E-state index contributed by atoms with van der Waals surface area (Å²) in [7, 11) is 2.05. The number of carbonyl (C=O) groups is 3. The number of hydrogen-bond acceptors (Lipinski definition) is 11. The van der Waals surface area contributed by atoms with E-state index in [1.54, 1.807) is 53.4 Å². The Morgan fingerprint density at radius 2 is 1.01 bits per heavy atom. The zero-order chi connectivity index (χ0) is 51.5. The molecule has 0 radical (unpaired) electrons. The van der Waals surface area contributed by atoms with Gasteiger partial charge in [-0.3, -0.25) is 9.59 Å². The fourth-order valence-corrected chi connectivity index (χ4v) is 7.71. The Morgan fingerprint density at radius 1 is 0.600 bits per heavy atom. The van der Waals surface area contributed by atoms with Gasteiger partial charge in [0.15, 0.2) is 11.5 Å². The van der Waals surface area contributed by atoms with Gasteiger partial charge in [-0.25, -0.2) is 14.8 Å². The van der Waals surface area contributed by atoms with Crippen LogP contribution < -0.4 is 29.6 Å². The first kappa shape index (κ1) is 54.6. The number of piperidine rings is 2. The highest BCUT2D eigenvalue weighted by molar-refractivity contribution is 5.83. The lowest BCUT2D eigenvalue weighted by molar-refractivity contribution is -0.276. The maximum absolute atomic E-state index is 13.3. The third-order valence-electron chi connectivity index (χ3n) is 11.5. The second-order valence-electron chi connectivity index (χ2n) is 19.5. The molecule has 2 saturated heterocycles. The van der Waals surface area contributed by atoms with Crippen LogP contribution in [0.4, 0.5) is 31.1 Å². The molecule has 2 aromatic heterocycles. The summed E-state index contributed by atoms with van der Waals surface area (Å²) in [5.41, 5.74) is -0.635. The number of alkyl halides is 6. The normalized spacial score (nSPS) is 19.1.